The number of benzene rings is 2. The van der Waals surface area contributed by atoms with Crippen molar-refractivity contribution < 1.29 is 14.3 Å². The van der Waals surface area contributed by atoms with Gasteiger partial charge in [0.05, 0.1) is 0 Å². The molecule has 3 heteroatoms. The Morgan fingerprint density at radius 2 is 1.61 bits per heavy atom. The third kappa shape index (κ3) is 4.59. The number of aryl methyl sites for hydroxylation is 3. The Morgan fingerprint density at radius 3 is 2.26 bits per heavy atom. The molecule has 2 aromatic rings. The Bertz CT molecular complexity index is 672. The average molecular weight is 312 g/mol. The van der Waals surface area contributed by atoms with E-state index in [2.05, 4.69) is 6.92 Å². The van der Waals surface area contributed by atoms with Crippen LogP contribution in [-0.4, -0.2) is 12.6 Å². The summed E-state index contributed by atoms with van der Waals surface area (Å²) in [4.78, 5) is 12.0. The molecule has 2 aromatic carbocycles. The van der Waals surface area contributed by atoms with E-state index in [-0.39, 0.29) is 6.61 Å². The second-order valence-corrected chi connectivity index (χ2v) is 5.81. The summed E-state index contributed by atoms with van der Waals surface area (Å²) in [6.07, 6.45) is 2.13. The molecule has 0 aliphatic heterocycles. The van der Waals surface area contributed by atoms with Crippen LogP contribution in [0.5, 0.6) is 11.5 Å². The Labute approximate surface area is 138 Å². The Kier molecular flexibility index (Phi) is 5.80. The molecule has 122 valence electrons. The maximum absolute atomic E-state index is 12.0. The lowest BCUT2D eigenvalue weighted by atomic mass is 10.1. The number of esters is 1. The summed E-state index contributed by atoms with van der Waals surface area (Å²) in [5, 5.41) is 0. The van der Waals surface area contributed by atoms with Crippen molar-refractivity contribution in [3.05, 3.63) is 58.7 Å². The lowest BCUT2D eigenvalue weighted by Gasteiger charge is -2.13. The molecule has 0 saturated heterocycles. The van der Waals surface area contributed by atoms with E-state index in [4.69, 9.17) is 9.47 Å². The monoisotopic (exact) mass is 312 g/mol. The molecule has 0 amide bonds. The first-order valence-electron chi connectivity index (χ1n) is 8.00. The van der Waals surface area contributed by atoms with E-state index in [0.717, 1.165) is 35.3 Å². The van der Waals surface area contributed by atoms with Crippen molar-refractivity contribution in [1.82, 2.24) is 0 Å². The molecule has 0 unspecified atom stereocenters. The second-order valence-electron chi connectivity index (χ2n) is 5.81. The normalized spacial score (nSPS) is 10.4. The fraction of sp³-hybridized carbons (Fsp3) is 0.350. The zero-order chi connectivity index (χ0) is 16.8. The summed E-state index contributed by atoms with van der Waals surface area (Å²) in [6, 6.07) is 11.7. The molecule has 2 rings (SSSR count). The van der Waals surface area contributed by atoms with Crippen LogP contribution in [0.4, 0.5) is 0 Å². The minimum atomic E-state index is -0.395. The van der Waals surface area contributed by atoms with Crippen LogP contribution in [0.15, 0.2) is 36.4 Å². The molecule has 3 nitrogen and oxygen atoms in total. The van der Waals surface area contributed by atoms with Gasteiger partial charge in [-0.05, 0) is 61.6 Å². The fourth-order valence-electron chi connectivity index (χ4n) is 2.45. The molecule has 0 aliphatic rings. The first kappa shape index (κ1) is 17.1. The lowest BCUT2D eigenvalue weighted by Crippen LogP contribution is -2.18. The molecule has 23 heavy (non-hydrogen) atoms. The van der Waals surface area contributed by atoms with Gasteiger partial charge in [-0.1, -0.05) is 37.6 Å². The van der Waals surface area contributed by atoms with Crippen molar-refractivity contribution in [3.63, 3.8) is 0 Å². The highest BCUT2D eigenvalue weighted by Gasteiger charge is 2.11. The van der Waals surface area contributed by atoms with E-state index < -0.39 is 5.97 Å². The standard InChI is InChI=1S/C20H24O3/c1-5-6-17-9-11-18(12-10-17)23-19(21)13-22-20-15(3)8-7-14(2)16(20)4/h7-12H,5-6,13H2,1-4H3. The third-order valence-corrected chi connectivity index (χ3v) is 3.90. The van der Waals surface area contributed by atoms with Crippen molar-refractivity contribution in [2.75, 3.05) is 6.61 Å². The Morgan fingerprint density at radius 1 is 0.957 bits per heavy atom. The summed E-state index contributed by atoms with van der Waals surface area (Å²) >= 11 is 0. The van der Waals surface area contributed by atoms with Gasteiger partial charge in [-0.2, -0.15) is 0 Å². The van der Waals surface area contributed by atoms with E-state index in [0.29, 0.717) is 5.75 Å². The van der Waals surface area contributed by atoms with Gasteiger partial charge in [-0.25, -0.2) is 4.79 Å². The zero-order valence-electron chi connectivity index (χ0n) is 14.3. The molecule has 0 radical (unpaired) electrons. The zero-order valence-corrected chi connectivity index (χ0v) is 14.3. The SMILES string of the molecule is CCCc1ccc(OC(=O)COc2c(C)ccc(C)c2C)cc1. The van der Waals surface area contributed by atoms with Crippen LogP contribution >= 0.6 is 0 Å². The van der Waals surface area contributed by atoms with Crippen molar-refractivity contribution in [3.8, 4) is 11.5 Å². The van der Waals surface area contributed by atoms with Gasteiger partial charge < -0.3 is 9.47 Å². The molecule has 0 atom stereocenters. The topological polar surface area (TPSA) is 35.5 Å². The molecular formula is C20H24O3. The van der Waals surface area contributed by atoms with Crippen LogP contribution in [0.3, 0.4) is 0 Å². The predicted molar refractivity (Wildman–Crippen MR) is 92.2 cm³/mol. The summed E-state index contributed by atoms with van der Waals surface area (Å²) in [7, 11) is 0. The van der Waals surface area contributed by atoms with Crippen LogP contribution < -0.4 is 9.47 Å². The third-order valence-electron chi connectivity index (χ3n) is 3.90. The van der Waals surface area contributed by atoms with Crippen molar-refractivity contribution in [2.24, 2.45) is 0 Å². The summed E-state index contributed by atoms with van der Waals surface area (Å²) in [6.45, 7) is 8.04. The van der Waals surface area contributed by atoms with Crippen LogP contribution in [0, 0.1) is 20.8 Å². The van der Waals surface area contributed by atoms with Gasteiger partial charge in [-0.15, -0.1) is 0 Å². The van der Waals surface area contributed by atoms with Gasteiger partial charge in [-0.3, -0.25) is 0 Å². The minimum Gasteiger partial charge on any atom is -0.481 e. The molecule has 0 fully saturated rings. The van der Waals surface area contributed by atoms with Gasteiger partial charge >= 0.3 is 5.97 Å². The maximum Gasteiger partial charge on any atom is 0.349 e. The highest BCUT2D eigenvalue weighted by Crippen LogP contribution is 2.25. The van der Waals surface area contributed by atoms with Gasteiger partial charge in [0.15, 0.2) is 6.61 Å². The minimum absolute atomic E-state index is 0.0954. The lowest BCUT2D eigenvalue weighted by molar-refractivity contribution is -0.136. The number of hydrogen-bond donors (Lipinski definition) is 0. The van der Waals surface area contributed by atoms with Crippen molar-refractivity contribution in [1.29, 1.82) is 0 Å². The molecule has 0 heterocycles. The Balaban J connectivity index is 1.94. The smallest absolute Gasteiger partial charge is 0.349 e. The number of hydrogen-bond acceptors (Lipinski definition) is 3. The van der Waals surface area contributed by atoms with Gasteiger partial charge in [0.25, 0.3) is 0 Å². The molecular weight excluding hydrogens is 288 g/mol. The van der Waals surface area contributed by atoms with Gasteiger partial charge in [0, 0.05) is 0 Å². The quantitative estimate of drug-likeness (QED) is 0.580. The van der Waals surface area contributed by atoms with E-state index in [1.165, 1.54) is 5.56 Å². The summed E-state index contributed by atoms with van der Waals surface area (Å²) < 4.78 is 11.0. The number of ether oxygens (including phenoxy) is 2. The van der Waals surface area contributed by atoms with Crippen molar-refractivity contribution in [2.45, 2.75) is 40.5 Å². The largest absolute Gasteiger partial charge is 0.481 e. The van der Waals surface area contributed by atoms with E-state index in [1.54, 1.807) is 0 Å². The molecule has 0 spiro atoms. The van der Waals surface area contributed by atoms with Crippen LogP contribution in [0.2, 0.25) is 0 Å². The molecule has 0 N–H and O–H groups in total. The van der Waals surface area contributed by atoms with E-state index >= 15 is 0 Å². The molecule has 0 bridgehead atoms. The van der Waals surface area contributed by atoms with Crippen LogP contribution in [0.1, 0.15) is 35.6 Å². The van der Waals surface area contributed by atoms with Crippen LogP contribution in [-0.2, 0) is 11.2 Å². The van der Waals surface area contributed by atoms with Crippen molar-refractivity contribution >= 4 is 5.97 Å². The first-order chi connectivity index (χ1) is 11.0. The van der Waals surface area contributed by atoms with Gasteiger partial charge in [0.1, 0.15) is 11.5 Å². The second kappa shape index (κ2) is 7.82. The highest BCUT2D eigenvalue weighted by molar-refractivity contribution is 5.74. The van der Waals surface area contributed by atoms with E-state index in [9.17, 15) is 4.79 Å². The average Bonchev–Trinajstić information content (AvgIpc) is 2.53. The number of carbonyl (C=O) groups excluding carboxylic acids is 1. The first-order valence-corrected chi connectivity index (χ1v) is 8.00. The predicted octanol–water partition coefficient (Wildman–Crippen LogP) is 4.55. The summed E-state index contributed by atoms with van der Waals surface area (Å²) in [5.74, 6) is 0.921. The summed E-state index contributed by atoms with van der Waals surface area (Å²) in [5.41, 5.74) is 4.46. The highest BCUT2D eigenvalue weighted by atomic mass is 16.6. The number of rotatable bonds is 6. The maximum atomic E-state index is 12.0. The molecule has 0 saturated carbocycles. The molecule has 0 aromatic heterocycles. The number of carbonyl (C=O) groups is 1. The van der Waals surface area contributed by atoms with Gasteiger partial charge in [0.2, 0.25) is 0 Å². The fourth-order valence-corrected chi connectivity index (χ4v) is 2.45. The molecule has 0 aliphatic carbocycles. The van der Waals surface area contributed by atoms with Crippen LogP contribution in [0.25, 0.3) is 0 Å². The Hall–Kier alpha value is -2.29. The van der Waals surface area contributed by atoms with E-state index in [1.807, 2.05) is 57.2 Å².